The first-order chi connectivity index (χ1) is 16.9. The van der Waals surface area contributed by atoms with E-state index in [0.717, 1.165) is 35.7 Å². The SMILES string of the molecule is CC(=O)OC[C@H]1O[C@@H](n2cc(C=CCl)c(=O)[nH]c2=O)[C@H](OC(C)=O)[C@H]1OS(=O)(=O)c1ccc(C)cc1. The Hall–Kier alpha value is -3.26. The van der Waals surface area contributed by atoms with Crippen LogP contribution in [0.5, 0.6) is 0 Å². The molecule has 0 spiro atoms. The van der Waals surface area contributed by atoms with Crippen LogP contribution in [-0.4, -0.2) is 54.8 Å². The van der Waals surface area contributed by atoms with Crippen LogP contribution in [0.2, 0.25) is 0 Å². The first-order valence-electron chi connectivity index (χ1n) is 10.5. The van der Waals surface area contributed by atoms with Gasteiger partial charge in [0, 0.05) is 25.6 Å². The molecule has 3 rings (SSSR count). The third kappa shape index (κ3) is 6.29. The fourth-order valence-electron chi connectivity index (χ4n) is 3.48. The molecule has 0 radical (unpaired) electrons. The van der Waals surface area contributed by atoms with Gasteiger partial charge in [0.2, 0.25) is 0 Å². The van der Waals surface area contributed by atoms with Crippen LogP contribution in [0.1, 0.15) is 31.2 Å². The van der Waals surface area contributed by atoms with Gasteiger partial charge in [-0.15, -0.1) is 0 Å². The molecule has 1 aromatic carbocycles. The molecule has 0 unspecified atom stereocenters. The molecule has 4 atom stereocenters. The van der Waals surface area contributed by atoms with Gasteiger partial charge in [0.25, 0.3) is 15.7 Å². The van der Waals surface area contributed by atoms with Crippen molar-refractivity contribution in [2.75, 3.05) is 6.61 Å². The number of ether oxygens (including phenoxy) is 3. The highest BCUT2D eigenvalue weighted by molar-refractivity contribution is 7.86. The van der Waals surface area contributed by atoms with Crippen LogP contribution in [0, 0.1) is 6.92 Å². The average Bonchev–Trinajstić information content (AvgIpc) is 3.10. The van der Waals surface area contributed by atoms with Crippen molar-refractivity contribution in [3.05, 3.63) is 68.0 Å². The molecule has 1 fully saturated rings. The van der Waals surface area contributed by atoms with Crippen LogP contribution >= 0.6 is 11.6 Å². The van der Waals surface area contributed by atoms with E-state index in [1.807, 2.05) is 0 Å². The lowest BCUT2D eigenvalue weighted by atomic mass is 10.1. The standard InChI is InChI=1S/C22H23ClN2O10S/c1-12-4-6-16(7-5-12)36(30,31)35-18-17(11-32-13(2)26)34-21(19(18)33-14(3)27)25-10-15(8-9-23)20(28)24-22(25)29/h4-10,17-19,21H,11H2,1-3H3,(H,24,28,29)/t17-,18+,19-,21-/m1/s1. The number of hydrogen-bond donors (Lipinski definition) is 1. The normalized spacial score (nSPS) is 22.0. The molecule has 0 amide bonds. The lowest BCUT2D eigenvalue weighted by Gasteiger charge is -2.24. The van der Waals surface area contributed by atoms with Crippen molar-refractivity contribution in [3.63, 3.8) is 0 Å². The molecular weight excluding hydrogens is 520 g/mol. The Balaban J connectivity index is 2.09. The summed E-state index contributed by atoms with van der Waals surface area (Å²) in [5, 5.41) is 0. The van der Waals surface area contributed by atoms with Crippen LogP contribution in [0.25, 0.3) is 6.08 Å². The Labute approximate surface area is 210 Å². The van der Waals surface area contributed by atoms with E-state index in [-0.39, 0.29) is 10.5 Å². The number of nitrogens with one attached hydrogen (secondary N) is 1. The molecule has 1 aliphatic rings. The van der Waals surface area contributed by atoms with Crippen LogP contribution < -0.4 is 11.2 Å². The number of aromatic nitrogens is 2. The fraction of sp³-hybridized carbons (Fsp3) is 0.364. The maximum atomic E-state index is 13.0. The molecule has 1 aromatic heterocycles. The number of carbonyl (C=O) groups excluding carboxylic acids is 2. The van der Waals surface area contributed by atoms with Crippen molar-refractivity contribution in [1.82, 2.24) is 9.55 Å². The molecule has 1 aliphatic heterocycles. The highest BCUT2D eigenvalue weighted by Gasteiger charge is 2.51. The van der Waals surface area contributed by atoms with Crippen LogP contribution in [0.15, 0.2) is 50.5 Å². The molecule has 2 aromatic rings. The monoisotopic (exact) mass is 542 g/mol. The summed E-state index contributed by atoms with van der Waals surface area (Å²) in [6, 6.07) is 5.79. The summed E-state index contributed by atoms with van der Waals surface area (Å²) in [5.74, 6) is -1.52. The van der Waals surface area contributed by atoms with E-state index in [1.54, 1.807) is 19.1 Å². The van der Waals surface area contributed by atoms with Gasteiger partial charge in [-0.05, 0) is 25.1 Å². The maximum Gasteiger partial charge on any atom is 0.330 e. The van der Waals surface area contributed by atoms with Gasteiger partial charge in [-0.2, -0.15) is 8.42 Å². The first-order valence-corrected chi connectivity index (χ1v) is 12.4. The topological polar surface area (TPSA) is 160 Å². The fourth-order valence-corrected chi connectivity index (χ4v) is 4.72. The zero-order chi connectivity index (χ0) is 26.6. The Morgan fingerprint density at radius 2 is 1.81 bits per heavy atom. The molecule has 2 heterocycles. The van der Waals surface area contributed by atoms with E-state index in [2.05, 4.69) is 4.98 Å². The highest BCUT2D eigenvalue weighted by Crippen LogP contribution is 2.35. The number of H-pyrrole nitrogens is 1. The van der Waals surface area contributed by atoms with E-state index in [4.69, 9.17) is 30.0 Å². The molecule has 194 valence electrons. The minimum absolute atomic E-state index is 0.0389. The van der Waals surface area contributed by atoms with Gasteiger partial charge in [0.15, 0.2) is 12.3 Å². The Kier molecular flexibility index (Phi) is 8.51. The van der Waals surface area contributed by atoms with Crippen molar-refractivity contribution in [2.45, 2.75) is 50.2 Å². The van der Waals surface area contributed by atoms with Gasteiger partial charge in [-0.3, -0.25) is 28.1 Å². The Morgan fingerprint density at radius 1 is 1.14 bits per heavy atom. The lowest BCUT2D eigenvalue weighted by Crippen LogP contribution is -2.43. The molecule has 0 aliphatic carbocycles. The first kappa shape index (κ1) is 27.3. The molecular formula is C22H23ClN2O10S. The van der Waals surface area contributed by atoms with Crippen LogP contribution in [0.4, 0.5) is 0 Å². The Bertz CT molecular complexity index is 1380. The highest BCUT2D eigenvalue weighted by atomic mass is 35.5. The van der Waals surface area contributed by atoms with Crippen molar-refractivity contribution in [3.8, 4) is 0 Å². The second-order valence-corrected chi connectivity index (χ2v) is 9.64. The van der Waals surface area contributed by atoms with E-state index < -0.39 is 64.5 Å². The summed E-state index contributed by atoms with van der Waals surface area (Å²) in [7, 11) is -4.43. The summed E-state index contributed by atoms with van der Waals surface area (Å²) in [5.41, 5.74) is 0.122. The van der Waals surface area contributed by atoms with Crippen LogP contribution in [0.3, 0.4) is 0 Å². The van der Waals surface area contributed by atoms with Gasteiger partial charge < -0.3 is 14.2 Å². The molecule has 14 heteroatoms. The van der Waals surface area contributed by atoms with E-state index in [0.29, 0.717) is 0 Å². The number of benzene rings is 1. The number of nitrogens with zero attached hydrogens (tertiary/aromatic N) is 1. The number of esters is 2. The number of carbonyl (C=O) groups is 2. The predicted octanol–water partition coefficient (Wildman–Crippen LogP) is 1.22. The lowest BCUT2D eigenvalue weighted by molar-refractivity contribution is -0.155. The van der Waals surface area contributed by atoms with Gasteiger partial charge in [-0.25, -0.2) is 4.79 Å². The van der Waals surface area contributed by atoms with E-state index in [9.17, 15) is 27.6 Å². The van der Waals surface area contributed by atoms with E-state index >= 15 is 0 Å². The summed E-state index contributed by atoms with van der Waals surface area (Å²) >= 11 is 5.56. The molecule has 0 saturated carbocycles. The number of halogens is 1. The molecule has 36 heavy (non-hydrogen) atoms. The van der Waals surface area contributed by atoms with Gasteiger partial charge in [-0.1, -0.05) is 29.3 Å². The third-order valence-corrected chi connectivity index (χ3v) is 6.55. The summed E-state index contributed by atoms with van der Waals surface area (Å²) in [4.78, 5) is 49.9. The van der Waals surface area contributed by atoms with Crippen molar-refractivity contribution >= 4 is 39.7 Å². The predicted molar refractivity (Wildman–Crippen MR) is 126 cm³/mol. The summed E-state index contributed by atoms with van der Waals surface area (Å²) < 4.78 is 48.5. The van der Waals surface area contributed by atoms with Gasteiger partial charge in [0.05, 0.1) is 10.5 Å². The summed E-state index contributed by atoms with van der Waals surface area (Å²) in [6.45, 7) is 3.49. The number of aryl methyl sites for hydroxylation is 1. The molecule has 1 saturated heterocycles. The Morgan fingerprint density at radius 3 is 2.39 bits per heavy atom. The van der Waals surface area contributed by atoms with Gasteiger partial charge in [0.1, 0.15) is 18.8 Å². The van der Waals surface area contributed by atoms with E-state index in [1.165, 1.54) is 18.2 Å². The number of aromatic amines is 1. The summed E-state index contributed by atoms with van der Waals surface area (Å²) in [6.07, 6.45) is -3.47. The van der Waals surface area contributed by atoms with Crippen LogP contribution in [-0.2, 0) is 38.1 Å². The molecule has 1 N–H and O–H groups in total. The maximum absolute atomic E-state index is 13.0. The number of hydrogen-bond acceptors (Lipinski definition) is 10. The zero-order valence-electron chi connectivity index (χ0n) is 19.4. The van der Waals surface area contributed by atoms with Crippen molar-refractivity contribution in [2.24, 2.45) is 0 Å². The number of rotatable bonds is 8. The van der Waals surface area contributed by atoms with Crippen molar-refractivity contribution < 1.29 is 36.4 Å². The largest absolute Gasteiger partial charge is 0.463 e. The third-order valence-electron chi connectivity index (χ3n) is 5.10. The molecule has 12 nitrogen and oxygen atoms in total. The average molecular weight is 543 g/mol. The second kappa shape index (κ2) is 11.2. The molecule has 0 bridgehead atoms. The minimum Gasteiger partial charge on any atom is -0.463 e. The second-order valence-electron chi connectivity index (χ2n) is 7.81. The quantitative estimate of drug-likeness (QED) is 0.379. The van der Waals surface area contributed by atoms with Gasteiger partial charge >= 0.3 is 17.6 Å². The minimum atomic E-state index is -4.43. The van der Waals surface area contributed by atoms with Crippen molar-refractivity contribution in [1.29, 1.82) is 0 Å². The smallest absolute Gasteiger partial charge is 0.330 e. The zero-order valence-corrected chi connectivity index (χ0v) is 20.9.